The number of aromatic nitrogens is 2. The normalized spacial score (nSPS) is 11.3. The maximum atomic E-state index is 13.7. The van der Waals surface area contributed by atoms with Crippen molar-refractivity contribution in [3.8, 4) is 0 Å². The van der Waals surface area contributed by atoms with Crippen LogP contribution in [0.4, 0.5) is 28.9 Å². The molecule has 3 aromatic rings. The van der Waals surface area contributed by atoms with Gasteiger partial charge in [-0.1, -0.05) is 17.3 Å². The second kappa shape index (κ2) is 8.94. The summed E-state index contributed by atoms with van der Waals surface area (Å²) >= 11 is 0. The minimum atomic E-state index is -4.81. The Balaban J connectivity index is 1.74. The van der Waals surface area contributed by atoms with Crippen molar-refractivity contribution in [3.63, 3.8) is 0 Å². The zero-order valence-electron chi connectivity index (χ0n) is 16.1. The van der Waals surface area contributed by atoms with E-state index < -0.39 is 35.1 Å². The molecule has 31 heavy (non-hydrogen) atoms. The highest BCUT2D eigenvalue weighted by molar-refractivity contribution is 6.04. The van der Waals surface area contributed by atoms with Crippen molar-refractivity contribution in [2.75, 3.05) is 10.6 Å². The SMILES string of the molecule is Cc1noc(CCC(=O)Nc2ccc(NC(=O)c3ccccc3F)cc2C(F)(F)F)n1. The first-order valence-electron chi connectivity index (χ1n) is 8.99. The number of halogens is 4. The third kappa shape index (κ3) is 5.65. The molecule has 0 atom stereocenters. The summed E-state index contributed by atoms with van der Waals surface area (Å²) < 4.78 is 59.1. The van der Waals surface area contributed by atoms with Crippen molar-refractivity contribution in [2.24, 2.45) is 0 Å². The van der Waals surface area contributed by atoms with Crippen molar-refractivity contribution < 1.29 is 31.7 Å². The largest absolute Gasteiger partial charge is 0.418 e. The average molecular weight is 436 g/mol. The van der Waals surface area contributed by atoms with Crippen LogP contribution in [0.25, 0.3) is 0 Å². The summed E-state index contributed by atoms with van der Waals surface area (Å²) in [6, 6.07) is 7.91. The Morgan fingerprint density at radius 2 is 1.84 bits per heavy atom. The van der Waals surface area contributed by atoms with E-state index in [1.807, 2.05) is 0 Å². The van der Waals surface area contributed by atoms with E-state index >= 15 is 0 Å². The summed E-state index contributed by atoms with van der Waals surface area (Å²) in [7, 11) is 0. The number of nitrogens with one attached hydrogen (secondary N) is 2. The summed E-state index contributed by atoms with van der Waals surface area (Å²) in [6.07, 6.45) is -4.93. The molecule has 7 nitrogen and oxygen atoms in total. The summed E-state index contributed by atoms with van der Waals surface area (Å²) in [5.41, 5.74) is -2.17. The predicted octanol–water partition coefficient (Wildman–Crippen LogP) is 4.36. The van der Waals surface area contributed by atoms with Crippen LogP contribution in [-0.2, 0) is 17.4 Å². The number of amides is 2. The zero-order valence-corrected chi connectivity index (χ0v) is 16.1. The van der Waals surface area contributed by atoms with Gasteiger partial charge in [0, 0.05) is 18.5 Å². The van der Waals surface area contributed by atoms with Crippen LogP contribution in [0, 0.1) is 12.7 Å². The number of nitrogens with zero attached hydrogens (tertiary/aromatic N) is 2. The smallest absolute Gasteiger partial charge is 0.339 e. The number of alkyl halides is 3. The number of hydrogen-bond donors (Lipinski definition) is 2. The lowest BCUT2D eigenvalue weighted by molar-refractivity contribution is -0.136. The van der Waals surface area contributed by atoms with Crippen molar-refractivity contribution in [1.82, 2.24) is 10.1 Å². The Morgan fingerprint density at radius 1 is 1.10 bits per heavy atom. The van der Waals surface area contributed by atoms with Crippen molar-refractivity contribution in [2.45, 2.75) is 25.9 Å². The summed E-state index contributed by atoms with van der Waals surface area (Å²) in [5, 5.41) is 7.98. The molecule has 3 rings (SSSR count). The van der Waals surface area contributed by atoms with E-state index in [0.29, 0.717) is 11.9 Å². The van der Waals surface area contributed by atoms with Crippen LogP contribution >= 0.6 is 0 Å². The first-order valence-corrected chi connectivity index (χ1v) is 8.99. The standard InChI is InChI=1S/C20H16F4N4O3/c1-11-25-18(31-28-11)9-8-17(29)27-16-7-6-12(10-14(16)20(22,23)24)26-19(30)13-4-2-3-5-15(13)21/h2-7,10H,8-9H2,1H3,(H,26,30)(H,27,29). The van der Waals surface area contributed by atoms with Crippen LogP contribution in [0.1, 0.15) is 34.1 Å². The first-order chi connectivity index (χ1) is 14.6. The highest BCUT2D eigenvalue weighted by Crippen LogP contribution is 2.36. The summed E-state index contributed by atoms with van der Waals surface area (Å²) in [4.78, 5) is 28.1. The first kappa shape index (κ1) is 21.9. The average Bonchev–Trinajstić information content (AvgIpc) is 3.12. The van der Waals surface area contributed by atoms with Gasteiger partial charge in [-0.05, 0) is 37.3 Å². The van der Waals surface area contributed by atoms with Gasteiger partial charge in [-0.3, -0.25) is 9.59 Å². The maximum absolute atomic E-state index is 13.7. The number of anilines is 2. The van der Waals surface area contributed by atoms with Gasteiger partial charge in [0.05, 0.1) is 16.8 Å². The maximum Gasteiger partial charge on any atom is 0.418 e. The molecule has 0 aliphatic heterocycles. The number of hydrogen-bond acceptors (Lipinski definition) is 5. The molecule has 0 bridgehead atoms. The lowest BCUT2D eigenvalue weighted by Gasteiger charge is -2.16. The van der Waals surface area contributed by atoms with E-state index in [0.717, 1.165) is 12.1 Å². The van der Waals surface area contributed by atoms with Crippen LogP contribution in [-0.4, -0.2) is 22.0 Å². The molecule has 2 aromatic carbocycles. The summed E-state index contributed by atoms with van der Waals surface area (Å²) in [5.74, 6) is -1.84. The van der Waals surface area contributed by atoms with Gasteiger partial charge < -0.3 is 15.2 Å². The van der Waals surface area contributed by atoms with Gasteiger partial charge in [0.25, 0.3) is 5.91 Å². The fraction of sp³-hybridized carbons (Fsp3) is 0.200. The Hall–Kier alpha value is -3.76. The molecule has 0 aliphatic carbocycles. The molecule has 1 heterocycles. The van der Waals surface area contributed by atoms with Crippen LogP contribution in [0.5, 0.6) is 0 Å². The highest BCUT2D eigenvalue weighted by atomic mass is 19.4. The Kier molecular flexibility index (Phi) is 6.33. The number of carbonyl (C=O) groups excluding carboxylic acids is 2. The molecular weight excluding hydrogens is 420 g/mol. The third-order valence-corrected chi connectivity index (χ3v) is 4.11. The third-order valence-electron chi connectivity index (χ3n) is 4.11. The molecule has 0 saturated carbocycles. The van der Waals surface area contributed by atoms with Gasteiger partial charge in [0.2, 0.25) is 11.8 Å². The number of benzene rings is 2. The molecule has 0 aliphatic rings. The van der Waals surface area contributed by atoms with Gasteiger partial charge in [-0.25, -0.2) is 4.39 Å². The minimum absolute atomic E-state index is 0.0603. The van der Waals surface area contributed by atoms with E-state index in [-0.39, 0.29) is 30.0 Å². The second-order valence-corrected chi connectivity index (χ2v) is 6.48. The Morgan fingerprint density at radius 3 is 2.48 bits per heavy atom. The number of rotatable bonds is 6. The van der Waals surface area contributed by atoms with Crippen molar-refractivity contribution >= 4 is 23.2 Å². The fourth-order valence-electron chi connectivity index (χ4n) is 2.68. The molecule has 2 N–H and O–H groups in total. The van der Waals surface area contributed by atoms with Crippen LogP contribution < -0.4 is 10.6 Å². The molecular formula is C20H16F4N4O3. The van der Waals surface area contributed by atoms with Crippen molar-refractivity contribution in [3.05, 3.63) is 71.1 Å². The van der Waals surface area contributed by atoms with Crippen molar-refractivity contribution in [1.29, 1.82) is 0 Å². The Labute approximate surface area is 173 Å². The molecule has 0 radical (unpaired) electrons. The quantitative estimate of drug-likeness (QED) is 0.560. The van der Waals surface area contributed by atoms with E-state index in [1.54, 1.807) is 6.92 Å². The minimum Gasteiger partial charge on any atom is -0.339 e. The number of carbonyl (C=O) groups is 2. The predicted molar refractivity (Wildman–Crippen MR) is 102 cm³/mol. The van der Waals surface area contributed by atoms with E-state index in [2.05, 4.69) is 20.8 Å². The zero-order chi connectivity index (χ0) is 22.6. The molecule has 1 aromatic heterocycles. The van der Waals surface area contributed by atoms with Gasteiger partial charge in [0.1, 0.15) is 5.82 Å². The lowest BCUT2D eigenvalue weighted by atomic mass is 10.1. The van der Waals surface area contributed by atoms with Gasteiger partial charge in [-0.15, -0.1) is 0 Å². The van der Waals surface area contributed by atoms with Gasteiger partial charge in [-0.2, -0.15) is 18.2 Å². The van der Waals surface area contributed by atoms with Gasteiger partial charge in [0.15, 0.2) is 5.82 Å². The topological polar surface area (TPSA) is 97.1 Å². The summed E-state index contributed by atoms with van der Waals surface area (Å²) in [6.45, 7) is 1.59. The number of aryl methyl sites for hydroxylation is 2. The highest BCUT2D eigenvalue weighted by Gasteiger charge is 2.34. The fourth-order valence-corrected chi connectivity index (χ4v) is 2.68. The molecule has 0 unspecified atom stereocenters. The van der Waals surface area contributed by atoms with Crippen LogP contribution in [0.2, 0.25) is 0 Å². The monoisotopic (exact) mass is 436 g/mol. The van der Waals surface area contributed by atoms with E-state index in [4.69, 9.17) is 4.52 Å². The molecule has 0 saturated heterocycles. The Bertz CT molecular complexity index is 1110. The molecule has 162 valence electrons. The molecule has 2 amide bonds. The van der Waals surface area contributed by atoms with Crippen LogP contribution in [0.15, 0.2) is 47.0 Å². The lowest BCUT2D eigenvalue weighted by Crippen LogP contribution is -2.18. The molecule has 0 fully saturated rings. The second-order valence-electron chi connectivity index (χ2n) is 6.48. The van der Waals surface area contributed by atoms with Gasteiger partial charge >= 0.3 is 6.18 Å². The molecule has 11 heteroatoms. The van der Waals surface area contributed by atoms with Crippen LogP contribution in [0.3, 0.4) is 0 Å². The van der Waals surface area contributed by atoms with E-state index in [9.17, 15) is 27.2 Å². The van der Waals surface area contributed by atoms with E-state index in [1.165, 1.54) is 24.3 Å². The molecule has 0 spiro atoms.